The maximum absolute atomic E-state index is 11.5. The summed E-state index contributed by atoms with van der Waals surface area (Å²) in [6.45, 7) is 3.99. The molecule has 0 atom stereocenters. The third kappa shape index (κ3) is 3.52. The molecule has 19 heavy (non-hydrogen) atoms. The van der Waals surface area contributed by atoms with E-state index in [1.165, 1.54) is 17.8 Å². The number of thioether (sulfide) groups is 1. The van der Waals surface area contributed by atoms with Crippen LogP contribution in [-0.2, 0) is 5.75 Å². The molecule has 102 valence electrons. The fourth-order valence-corrected chi connectivity index (χ4v) is 2.31. The van der Waals surface area contributed by atoms with Gasteiger partial charge in [0, 0.05) is 17.2 Å². The van der Waals surface area contributed by atoms with Crippen LogP contribution in [0.4, 0.5) is 0 Å². The standard InChI is InChI=1S/C13H14N2O2S.ClH/c1-7-3-10-9(6-18-13(14)15)5-12(16)17-11(10)4-8(7)2;/h3-5H,6H2,1-2H3,(H3,14,15);1H. The molecule has 0 unspecified atom stereocenters. The Hall–Kier alpha value is -1.46. The Kier molecular flexibility index (Phi) is 5.03. The van der Waals surface area contributed by atoms with E-state index in [2.05, 4.69) is 0 Å². The molecule has 0 saturated carbocycles. The molecule has 0 spiro atoms. The monoisotopic (exact) mass is 298 g/mol. The first-order valence-corrected chi connectivity index (χ1v) is 6.47. The molecule has 2 aromatic rings. The lowest BCUT2D eigenvalue weighted by atomic mass is 10.0. The largest absolute Gasteiger partial charge is 0.423 e. The SMILES string of the molecule is Cc1cc2oc(=O)cc(CSC(=N)N)c2cc1C.Cl. The summed E-state index contributed by atoms with van der Waals surface area (Å²) in [6.07, 6.45) is 0. The van der Waals surface area contributed by atoms with Gasteiger partial charge in [0.05, 0.1) is 0 Å². The molecule has 0 fully saturated rings. The number of benzene rings is 1. The van der Waals surface area contributed by atoms with Crippen molar-refractivity contribution in [3.63, 3.8) is 0 Å². The maximum atomic E-state index is 11.5. The van der Waals surface area contributed by atoms with Crippen LogP contribution in [0.15, 0.2) is 27.4 Å². The number of halogens is 1. The highest BCUT2D eigenvalue weighted by atomic mass is 35.5. The second-order valence-corrected chi connectivity index (χ2v) is 5.19. The molecular formula is C13H15ClN2O2S. The van der Waals surface area contributed by atoms with Crippen molar-refractivity contribution in [1.29, 1.82) is 5.41 Å². The van der Waals surface area contributed by atoms with Crippen LogP contribution in [0.5, 0.6) is 0 Å². The molecule has 1 aromatic heterocycles. The van der Waals surface area contributed by atoms with Crippen molar-refractivity contribution >= 4 is 40.3 Å². The van der Waals surface area contributed by atoms with E-state index in [4.69, 9.17) is 15.6 Å². The Balaban J connectivity index is 0.00000180. The van der Waals surface area contributed by atoms with Crippen LogP contribution in [0.25, 0.3) is 11.0 Å². The third-order valence-electron chi connectivity index (χ3n) is 2.83. The van der Waals surface area contributed by atoms with Gasteiger partial charge in [0.25, 0.3) is 0 Å². The highest BCUT2D eigenvalue weighted by molar-refractivity contribution is 8.13. The summed E-state index contributed by atoms with van der Waals surface area (Å²) in [7, 11) is 0. The van der Waals surface area contributed by atoms with Crippen LogP contribution in [-0.4, -0.2) is 5.17 Å². The normalized spacial score (nSPS) is 10.2. The van der Waals surface area contributed by atoms with Crippen LogP contribution in [0.1, 0.15) is 16.7 Å². The first kappa shape index (κ1) is 15.6. The average molecular weight is 299 g/mol. The van der Waals surface area contributed by atoms with Gasteiger partial charge in [-0.2, -0.15) is 0 Å². The highest BCUT2D eigenvalue weighted by Crippen LogP contribution is 2.24. The van der Waals surface area contributed by atoms with Crippen molar-refractivity contribution in [1.82, 2.24) is 0 Å². The Morgan fingerprint density at radius 1 is 1.32 bits per heavy atom. The van der Waals surface area contributed by atoms with Crippen LogP contribution in [0.3, 0.4) is 0 Å². The zero-order valence-corrected chi connectivity index (χ0v) is 12.3. The molecule has 1 aromatic carbocycles. The molecule has 3 N–H and O–H groups in total. The van der Waals surface area contributed by atoms with Crippen LogP contribution in [0.2, 0.25) is 0 Å². The number of amidine groups is 1. The van der Waals surface area contributed by atoms with Gasteiger partial charge in [0.1, 0.15) is 5.58 Å². The summed E-state index contributed by atoms with van der Waals surface area (Å²) < 4.78 is 5.20. The summed E-state index contributed by atoms with van der Waals surface area (Å²) in [5, 5.41) is 8.17. The summed E-state index contributed by atoms with van der Waals surface area (Å²) in [5.74, 6) is 0.500. The van der Waals surface area contributed by atoms with E-state index in [-0.39, 0.29) is 23.2 Å². The summed E-state index contributed by atoms with van der Waals surface area (Å²) in [4.78, 5) is 11.5. The van der Waals surface area contributed by atoms with Crippen molar-refractivity contribution in [3.05, 3.63) is 45.3 Å². The van der Waals surface area contributed by atoms with E-state index >= 15 is 0 Å². The molecule has 0 aliphatic heterocycles. The minimum atomic E-state index is -0.370. The molecule has 0 saturated heterocycles. The molecular weight excluding hydrogens is 284 g/mol. The number of fused-ring (bicyclic) bond motifs is 1. The van der Waals surface area contributed by atoms with Gasteiger partial charge in [-0.15, -0.1) is 12.4 Å². The predicted molar refractivity (Wildman–Crippen MR) is 82.4 cm³/mol. The van der Waals surface area contributed by atoms with Crippen molar-refractivity contribution in [2.45, 2.75) is 19.6 Å². The van der Waals surface area contributed by atoms with Gasteiger partial charge in [0.2, 0.25) is 0 Å². The fraction of sp³-hybridized carbons (Fsp3) is 0.231. The number of nitrogens with two attached hydrogens (primary N) is 1. The van der Waals surface area contributed by atoms with Gasteiger partial charge in [-0.05, 0) is 42.7 Å². The number of nitrogens with one attached hydrogen (secondary N) is 1. The van der Waals surface area contributed by atoms with Crippen molar-refractivity contribution in [2.24, 2.45) is 5.73 Å². The van der Waals surface area contributed by atoms with Crippen molar-refractivity contribution in [3.8, 4) is 0 Å². The first-order chi connectivity index (χ1) is 8.47. The van der Waals surface area contributed by atoms with E-state index in [9.17, 15) is 4.79 Å². The van der Waals surface area contributed by atoms with Gasteiger partial charge in [0.15, 0.2) is 5.17 Å². The topological polar surface area (TPSA) is 80.1 Å². The highest BCUT2D eigenvalue weighted by Gasteiger charge is 2.08. The summed E-state index contributed by atoms with van der Waals surface area (Å²) in [5.41, 5.74) is 8.62. The lowest BCUT2D eigenvalue weighted by Crippen LogP contribution is -2.06. The van der Waals surface area contributed by atoms with Gasteiger partial charge in [-0.25, -0.2) is 4.79 Å². The predicted octanol–water partition coefficient (Wildman–Crippen LogP) is 2.96. The minimum Gasteiger partial charge on any atom is -0.423 e. The van der Waals surface area contributed by atoms with E-state index in [1.54, 1.807) is 0 Å². The second kappa shape index (κ2) is 6.12. The summed E-state index contributed by atoms with van der Waals surface area (Å²) in [6, 6.07) is 5.34. The molecule has 4 nitrogen and oxygen atoms in total. The molecule has 2 rings (SSSR count). The molecule has 0 bridgehead atoms. The van der Waals surface area contributed by atoms with Crippen molar-refractivity contribution < 1.29 is 4.42 Å². The molecule has 0 aliphatic carbocycles. The zero-order valence-electron chi connectivity index (χ0n) is 10.6. The fourth-order valence-electron chi connectivity index (χ4n) is 1.76. The lowest BCUT2D eigenvalue weighted by Gasteiger charge is -2.07. The van der Waals surface area contributed by atoms with Crippen LogP contribution >= 0.6 is 24.2 Å². The van der Waals surface area contributed by atoms with E-state index < -0.39 is 0 Å². The quantitative estimate of drug-likeness (QED) is 0.507. The van der Waals surface area contributed by atoms with Crippen LogP contribution < -0.4 is 11.4 Å². The zero-order chi connectivity index (χ0) is 13.3. The Bertz CT molecular complexity index is 682. The molecule has 6 heteroatoms. The number of hydrogen-bond donors (Lipinski definition) is 2. The second-order valence-electron chi connectivity index (χ2n) is 4.18. The van der Waals surface area contributed by atoms with Gasteiger partial charge < -0.3 is 10.2 Å². The third-order valence-corrected chi connectivity index (χ3v) is 3.59. The first-order valence-electron chi connectivity index (χ1n) is 5.48. The average Bonchev–Trinajstić information content (AvgIpc) is 2.28. The van der Waals surface area contributed by atoms with Gasteiger partial charge in [-0.1, -0.05) is 11.8 Å². The Morgan fingerprint density at radius 2 is 1.95 bits per heavy atom. The lowest BCUT2D eigenvalue weighted by molar-refractivity contribution is 0.559. The smallest absolute Gasteiger partial charge is 0.336 e. The van der Waals surface area contributed by atoms with Gasteiger partial charge in [-0.3, -0.25) is 5.41 Å². The minimum absolute atomic E-state index is 0. The van der Waals surface area contributed by atoms with Gasteiger partial charge >= 0.3 is 5.63 Å². The summed E-state index contributed by atoms with van der Waals surface area (Å²) >= 11 is 1.20. The molecule has 0 aliphatic rings. The van der Waals surface area contributed by atoms with Crippen molar-refractivity contribution in [2.75, 3.05) is 0 Å². The number of aryl methyl sites for hydroxylation is 2. The van der Waals surface area contributed by atoms with E-state index in [0.717, 1.165) is 22.1 Å². The Morgan fingerprint density at radius 3 is 2.58 bits per heavy atom. The Labute approximate surface area is 121 Å². The van der Waals surface area contributed by atoms with E-state index in [1.807, 2.05) is 26.0 Å². The molecule has 1 heterocycles. The maximum Gasteiger partial charge on any atom is 0.336 e. The molecule has 0 amide bonds. The number of hydrogen-bond acceptors (Lipinski definition) is 4. The molecule has 0 radical (unpaired) electrons. The number of rotatable bonds is 2. The van der Waals surface area contributed by atoms with Crippen LogP contribution in [0, 0.1) is 19.3 Å². The van der Waals surface area contributed by atoms with E-state index in [0.29, 0.717) is 11.3 Å².